The maximum atomic E-state index is 13.9. The number of aromatic nitrogens is 5. The summed E-state index contributed by atoms with van der Waals surface area (Å²) in [5.41, 5.74) is 1.58. The molecule has 0 unspecified atom stereocenters. The van der Waals surface area contributed by atoms with Crippen LogP contribution in [0.1, 0.15) is 16.1 Å². The van der Waals surface area contributed by atoms with Crippen LogP contribution >= 0.6 is 0 Å². The normalized spacial score (nSPS) is 11.2. The van der Waals surface area contributed by atoms with E-state index in [1.54, 1.807) is 28.9 Å². The summed E-state index contributed by atoms with van der Waals surface area (Å²) < 4.78 is 16.8. The van der Waals surface area contributed by atoms with Crippen molar-refractivity contribution in [2.24, 2.45) is 0 Å². The van der Waals surface area contributed by atoms with Crippen LogP contribution in [0.25, 0.3) is 21.9 Å². The van der Waals surface area contributed by atoms with Crippen LogP contribution in [0.5, 0.6) is 0 Å². The first kappa shape index (κ1) is 20.5. The molecule has 0 bridgehead atoms. The van der Waals surface area contributed by atoms with Crippen LogP contribution in [0.15, 0.2) is 78.0 Å². The summed E-state index contributed by atoms with van der Waals surface area (Å²) in [5, 5.41) is 8.34. The van der Waals surface area contributed by atoms with Crippen molar-refractivity contribution in [3.63, 3.8) is 0 Å². The molecule has 0 aliphatic rings. The Bertz CT molecular complexity index is 1540. The fourth-order valence-electron chi connectivity index (χ4n) is 3.64. The first-order valence-electron chi connectivity index (χ1n) is 10.4. The second kappa shape index (κ2) is 8.62. The summed E-state index contributed by atoms with van der Waals surface area (Å²) in [4.78, 5) is 34.0. The van der Waals surface area contributed by atoms with E-state index in [1.807, 2.05) is 30.3 Å². The first-order valence-corrected chi connectivity index (χ1v) is 10.4. The summed E-state index contributed by atoms with van der Waals surface area (Å²) in [6, 6.07) is 17.4. The Kier molecular flexibility index (Phi) is 5.35. The highest BCUT2D eigenvalue weighted by Gasteiger charge is 2.13. The minimum absolute atomic E-state index is 0.0778. The zero-order chi connectivity index (χ0) is 22.8. The second-order valence-corrected chi connectivity index (χ2v) is 7.52. The van der Waals surface area contributed by atoms with E-state index in [0.29, 0.717) is 28.8 Å². The highest BCUT2D eigenvalue weighted by Crippen LogP contribution is 2.12. The Morgan fingerprint density at radius 2 is 1.85 bits per heavy atom. The number of nitrogens with zero attached hydrogens (tertiary/aromatic N) is 5. The highest BCUT2D eigenvalue weighted by atomic mass is 19.1. The van der Waals surface area contributed by atoms with E-state index in [9.17, 15) is 14.0 Å². The Morgan fingerprint density at radius 1 is 1.03 bits per heavy atom. The van der Waals surface area contributed by atoms with Crippen molar-refractivity contribution in [3.8, 4) is 0 Å². The number of fused-ring (bicyclic) bond motifs is 2. The van der Waals surface area contributed by atoms with E-state index >= 15 is 0 Å². The maximum absolute atomic E-state index is 13.9. The zero-order valence-electron chi connectivity index (χ0n) is 17.5. The third-order valence-corrected chi connectivity index (χ3v) is 5.36. The number of para-hydroxylation sites is 1. The lowest BCUT2D eigenvalue weighted by Gasteiger charge is -2.08. The summed E-state index contributed by atoms with van der Waals surface area (Å²) >= 11 is 0. The van der Waals surface area contributed by atoms with E-state index < -0.39 is 0 Å². The van der Waals surface area contributed by atoms with Crippen LogP contribution in [-0.4, -0.2) is 36.8 Å². The Hall–Kier alpha value is -4.40. The van der Waals surface area contributed by atoms with Gasteiger partial charge in [-0.2, -0.15) is 5.10 Å². The molecule has 1 amide bonds. The molecule has 1 N–H and O–H groups in total. The van der Waals surface area contributed by atoms with Gasteiger partial charge in [-0.15, -0.1) is 0 Å². The van der Waals surface area contributed by atoms with Crippen molar-refractivity contribution in [1.29, 1.82) is 0 Å². The van der Waals surface area contributed by atoms with Gasteiger partial charge in [0, 0.05) is 17.5 Å². The van der Waals surface area contributed by atoms with Gasteiger partial charge in [-0.25, -0.2) is 19.0 Å². The molecule has 5 rings (SSSR count). The molecule has 8 nitrogen and oxygen atoms in total. The average Bonchev–Trinajstić information content (AvgIpc) is 3.25. The number of carbonyl (C=O) groups excluding carboxylic acids is 1. The fourth-order valence-corrected chi connectivity index (χ4v) is 3.64. The largest absolute Gasteiger partial charge is 0.349 e. The van der Waals surface area contributed by atoms with Gasteiger partial charge in [0.15, 0.2) is 5.65 Å². The van der Waals surface area contributed by atoms with Gasteiger partial charge in [-0.05, 0) is 18.2 Å². The Morgan fingerprint density at radius 3 is 2.73 bits per heavy atom. The van der Waals surface area contributed by atoms with Gasteiger partial charge < -0.3 is 5.32 Å². The van der Waals surface area contributed by atoms with Crippen LogP contribution in [0.3, 0.4) is 0 Å². The average molecular weight is 442 g/mol. The van der Waals surface area contributed by atoms with Gasteiger partial charge >= 0.3 is 0 Å². The standard InChI is InChI=1S/C24H19FN6O2/c25-19-7-3-1-6-17(19)14-30-15-27-22-18(24(30)33)13-28-31(22)12-11-26-23(32)21-10-9-16-5-2-4-8-20(16)29-21/h1-10,13,15H,11-12,14H2,(H,26,32). The number of halogens is 1. The number of nitrogens with one attached hydrogen (secondary N) is 1. The lowest BCUT2D eigenvalue weighted by atomic mass is 10.2. The summed E-state index contributed by atoms with van der Waals surface area (Å²) in [6.45, 7) is 0.686. The number of benzene rings is 2. The van der Waals surface area contributed by atoms with Crippen LogP contribution in [-0.2, 0) is 13.1 Å². The molecule has 164 valence electrons. The van der Waals surface area contributed by atoms with Crippen LogP contribution in [0, 0.1) is 5.82 Å². The van der Waals surface area contributed by atoms with Crippen molar-refractivity contribution in [1.82, 2.24) is 29.6 Å². The molecule has 0 saturated heterocycles. The van der Waals surface area contributed by atoms with E-state index in [-0.39, 0.29) is 30.4 Å². The number of carbonyl (C=O) groups is 1. The molecule has 0 atom stereocenters. The molecule has 9 heteroatoms. The number of hydrogen-bond acceptors (Lipinski definition) is 5. The van der Waals surface area contributed by atoms with Gasteiger partial charge in [0.05, 0.1) is 24.8 Å². The molecule has 2 aromatic carbocycles. The second-order valence-electron chi connectivity index (χ2n) is 7.52. The minimum atomic E-state index is -0.378. The number of hydrogen-bond donors (Lipinski definition) is 1. The van der Waals surface area contributed by atoms with Crippen LogP contribution in [0.2, 0.25) is 0 Å². The summed E-state index contributed by atoms with van der Waals surface area (Å²) in [6.07, 6.45) is 2.82. The van der Waals surface area contributed by atoms with Crippen LogP contribution < -0.4 is 10.9 Å². The molecule has 3 aromatic heterocycles. The van der Waals surface area contributed by atoms with Crippen molar-refractivity contribution in [2.75, 3.05) is 6.54 Å². The van der Waals surface area contributed by atoms with Gasteiger partial charge in [0.1, 0.15) is 23.2 Å². The third-order valence-electron chi connectivity index (χ3n) is 5.36. The molecule has 0 spiro atoms. The predicted molar refractivity (Wildman–Crippen MR) is 121 cm³/mol. The summed E-state index contributed by atoms with van der Waals surface area (Å²) in [7, 11) is 0. The van der Waals surface area contributed by atoms with Crippen molar-refractivity contribution >= 4 is 27.8 Å². The molecule has 33 heavy (non-hydrogen) atoms. The minimum Gasteiger partial charge on any atom is -0.349 e. The number of rotatable bonds is 6. The van der Waals surface area contributed by atoms with E-state index in [2.05, 4.69) is 20.4 Å². The Balaban J connectivity index is 1.28. The van der Waals surface area contributed by atoms with Gasteiger partial charge in [-0.1, -0.05) is 42.5 Å². The molecule has 0 radical (unpaired) electrons. The van der Waals surface area contributed by atoms with E-state index in [1.165, 1.54) is 23.2 Å². The van der Waals surface area contributed by atoms with E-state index in [0.717, 1.165) is 10.9 Å². The van der Waals surface area contributed by atoms with Crippen molar-refractivity contribution in [3.05, 3.63) is 101 Å². The van der Waals surface area contributed by atoms with Gasteiger partial charge in [-0.3, -0.25) is 14.2 Å². The molecule has 5 aromatic rings. The maximum Gasteiger partial charge on any atom is 0.269 e. The Labute approximate surface area is 187 Å². The van der Waals surface area contributed by atoms with E-state index in [4.69, 9.17) is 0 Å². The molecule has 0 aliphatic carbocycles. The van der Waals surface area contributed by atoms with Crippen molar-refractivity contribution in [2.45, 2.75) is 13.1 Å². The quantitative estimate of drug-likeness (QED) is 0.436. The monoisotopic (exact) mass is 442 g/mol. The lowest BCUT2D eigenvalue weighted by molar-refractivity contribution is 0.0947. The van der Waals surface area contributed by atoms with Crippen molar-refractivity contribution < 1.29 is 9.18 Å². The molecule has 3 heterocycles. The third kappa shape index (κ3) is 4.08. The van der Waals surface area contributed by atoms with Gasteiger partial charge in [0.2, 0.25) is 0 Å². The molecule has 0 saturated carbocycles. The molecular weight excluding hydrogens is 423 g/mol. The smallest absolute Gasteiger partial charge is 0.269 e. The first-order chi connectivity index (χ1) is 16.1. The van der Waals surface area contributed by atoms with Gasteiger partial charge in [0.25, 0.3) is 11.5 Å². The predicted octanol–water partition coefficient (Wildman–Crippen LogP) is 2.76. The van der Waals surface area contributed by atoms with Crippen LogP contribution in [0.4, 0.5) is 4.39 Å². The number of amides is 1. The number of pyridine rings is 1. The molecular formula is C24H19FN6O2. The summed E-state index contributed by atoms with van der Waals surface area (Å²) in [5.74, 6) is -0.672. The topological polar surface area (TPSA) is 94.7 Å². The molecule has 0 fully saturated rings. The lowest BCUT2D eigenvalue weighted by Crippen LogP contribution is -2.28. The SMILES string of the molecule is O=C(NCCn1ncc2c(=O)n(Cc3ccccc3F)cnc21)c1ccc2ccccc2n1. The molecule has 0 aliphatic heterocycles. The fraction of sp³-hybridized carbons (Fsp3) is 0.125. The highest BCUT2D eigenvalue weighted by molar-refractivity contribution is 5.94. The zero-order valence-corrected chi connectivity index (χ0v) is 17.5.